The topological polar surface area (TPSA) is 69.2 Å². The van der Waals surface area contributed by atoms with Crippen LogP contribution in [0.1, 0.15) is 11.1 Å². The van der Waals surface area contributed by atoms with Crippen LogP contribution in [0.15, 0.2) is 29.3 Å². The van der Waals surface area contributed by atoms with E-state index in [4.69, 9.17) is 4.74 Å². The van der Waals surface area contributed by atoms with Gasteiger partial charge >= 0.3 is 6.18 Å². The van der Waals surface area contributed by atoms with Crippen molar-refractivity contribution in [3.8, 4) is 0 Å². The van der Waals surface area contributed by atoms with Gasteiger partial charge in [-0.05, 0) is 17.7 Å². The number of nitrogens with zero attached hydrogens (tertiary/aromatic N) is 3. The molecule has 0 spiro atoms. The van der Waals surface area contributed by atoms with E-state index in [0.29, 0.717) is 31.3 Å². The monoisotopic (exact) mass is 415 g/mol. The van der Waals surface area contributed by atoms with Gasteiger partial charge in [0.05, 0.1) is 31.9 Å². The molecule has 7 nitrogen and oxygen atoms in total. The Morgan fingerprint density at radius 2 is 1.83 bits per heavy atom. The zero-order valence-corrected chi connectivity index (χ0v) is 16.8. The first-order chi connectivity index (χ1) is 13.8. The zero-order chi connectivity index (χ0) is 21.3. The van der Waals surface area contributed by atoms with E-state index in [9.17, 15) is 18.0 Å². The van der Waals surface area contributed by atoms with E-state index in [1.54, 1.807) is 14.1 Å². The molecule has 1 aliphatic heterocycles. The molecule has 1 heterocycles. The van der Waals surface area contributed by atoms with Crippen LogP contribution in [0.3, 0.4) is 0 Å². The minimum absolute atomic E-state index is 0.0728. The molecule has 0 unspecified atom stereocenters. The van der Waals surface area contributed by atoms with Crippen LogP contribution in [0.5, 0.6) is 0 Å². The molecule has 0 radical (unpaired) electrons. The van der Waals surface area contributed by atoms with Gasteiger partial charge < -0.3 is 20.3 Å². The number of aliphatic imine (C=N–C) groups is 1. The summed E-state index contributed by atoms with van der Waals surface area (Å²) >= 11 is 0. The summed E-state index contributed by atoms with van der Waals surface area (Å²) in [5, 5.41) is 6.14. The van der Waals surface area contributed by atoms with Gasteiger partial charge in [-0.1, -0.05) is 12.1 Å². The van der Waals surface area contributed by atoms with Crippen molar-refractivity contribution in [1.82, 2.24) is 20.4 Å². The Morgan fingerprint density at radius 1 is 1.17 bits per heavy atom. The second-order valence-electron chi connectivity index (χ2n) is 6.88. The molecule has 0 aliphatic carbocycles. The Morgan fingerprint density at radius 3 is 2.41 bits per heavy atom. The van der Waals surface area contributed by atoms with Crippen molar-refractivity contribution in [3.05, 3.63) is 35.4 Å². The highest BCUT2D eigenvalue weighted by atomic mass is 19.4. The molecular formula is C19H28F3N5O2. The van der Waals surface area contributed by atoms with Crippen LogP contribution in [-0.2, 0) is 22.3 Å². The summed E-state index contributed by atoms with van der Waals surface area (Å²) < 4.78 is 43.3. The summed E-state index contributed by atoms with van der Waals surface area (Å²) in [6.07, 6.45) is -4.36. The Balaban J connectivity index is 1.93. The predicted octanol–water partition coefficient (Wildman–Crippen LogP) is 1.16. The fourth-order valence-corrected chi connectivity index (χ4v) is 2.62. The number of alkyl halides is 3. The van der Waals surface area contributed by atoms with E-state index in [-0.39, 0.29) is 19.0 Å². The average molecular weight is 415 g/mol. The fourth-order valence-electron chi connectivity index (χ4n) is 2.62. The van der Waals surface area contributed by atoms with Crippen molar-refractivity contribution in [1.29, 1.82) is 0 Å². The van der Waals surface area contributed by atoms with Gasteiger partial charge in [-0.15, -0.1) is 0 Å². The van der Waals surface area contributed by atoms with Crippen LogP contribution < -0.4 is 10.6 Å². The quantitative estimate of drug-likeness (QED) is 0.517. The first-order valence-corrected chi connectivity index (χ1v) is 9.44. The van der Waals surface area contributed by atoms with Gasteiger partial charge in [0.2, 0.25) is 5.91 Å². The number of ether oxygens (including phenoxy) is 1. The largest absolute Gasteiger partial charge is 0.416 e. The van der Waals surface area contributed by atoms with E-state index < -0.39 is 11.7 Å². The molecular weight excluding hydrogens is 387 g/mol. The summed E-state index contributed by atoms with van der Waals surface area (Å²) in [6.45, 7) is 4.85. The Bertz CT molecular complexity index is 671. The van der Waals surface area contributed by atoms with Gasteiger partial charge in [0, 0.05) is 40.3 Å². The van der Waals surface area contributed by atoms with E-state index in [2.05, 4.69) is 20.5 Å². The van der Waals surface area contributed by atoms with Gasteiger partial charge in [-0.2, -0.15) is 13.2 Å². The summed E-state index contributed by atoms with van der Waals surface area (Å²) in [6, 6.07) is 4.89. The lowest BCUT2D eigenvalue weighted by molar-refractivity contribution is -0.137. The summed E-state index contributed by atoms with van der Waals surface area (Å²) in [5.41, 5.74) is -0.0463. The number of benzene rings is 1. The summed E-state index contributed by atoms with van der Waals surface area (Å²) in [5.74, 6) is 0.329. The number of carbonyl (C=O) groups is 1. The molecule has 0 bridgehead atoms. The van der Waals surface area contributed by atoms with Crippen LogP contribution in [0.25, 0.3) is 0 Å². The van der Waals surface area contributed by atoms with Gasteiger partial charge in [-0.3, -0.25) is 9.69 Å². The smallest absolute Gasteiger partial charge is 0.379 e. The second kappa shape index (κ2) is 11.0. The highest BCUT2D eigenvalue weighted by Crippen LogP contribution is 2.29. The molecule has 1 amide bonds. The molecule has 2 N–H and O–H groups in total. The Kier molecular flexibility index (Phi) is 8.71. The zero-order valence-electron chi connectivity index (χ0n) is 16.8. The van der Waals surface area contributed by atoms with Crippen LogP contribution in [0.4, 0.5) is 13.2 Å². The van der Waals surface area contributed by atoms with E-state index >= 15 is 0 Å². The molecule has 162 valence electrons. The lowest BCUT2D eigenvalue weighted by atomic mass is 10.1. The number of amides is 1. The molecule has 1 aliphatic rings. The predicted molar refractivity (Wildman–Crippen MR) is 105 cm³/mol. The molecule has 1 aromatic carbocycles. The number of nitrogens with one attached hydrogen (secondary N) is 2. The third-order valence-electron chi connectivity index (χ3n) is 4.43. The molecule has 10 heteroatoms. The number of morpholine rings is 1. The number of guanidine groups is 1. The van der Waals surface area contributed by atoms with Crippen molar-refractivity contribution in [3.63, 3.8) is 0 Å². The molecule has 0 saturated carbocycles. The molecule has 2 rings (SSSR count). The van der Waals surface area contributed by atoms with Crippen LogP contribution in [0, 0.1) is 0 Å². The maximum atomic E-state index is 12.7. The maximum absolute atomic E-state index is 12.7. The highest BCUT2D eigenvalue weighted by molar-refractivity contribution is 5.86. The van der Waals surface area contributed by atoms with Crippen LogP contribution >= 0.6 is 0 Å². The average Bonchev–Trinajstić information content (AvgIpc) is 2.69. The number of hydrogen-bond acceptors (Lipinski definition) is 4. The van der Waals surface area contributed by atoms with E-state index in [1.165, 1.54) is 17.0 Å². The molecule has 0 atom stereocenters. The summed E-state index contributed by atoms with van der Waals surface area (Å²) in [7, 11) is 3.32. The fraction of sp³-hybridized carbons (Fsp3) is 0.579. The van der Waals surface area contributed by atoms with Gasteiger partial charge in [-0.25, -0.2) is 4.99 Å². The number of likely N-dealkylation sites (N-methyl/N-ethyl adjacent to an activating group) is 1. The first kappa shape index (κ1) is 23.0. The lowest BCUT2D eigenvalue weighted by Gasteiger charge is -2.26. The second-order valence-corrected chi connectivity index (χ2v) is 6.88. The molecule has 1 aromatic rings. The van der Waals surface area contributed by atoms with E-state index in [0.717, 1.165) is 31.8 Å². The van der Waals surface area contributed by atoms with Crippen LogP contribution in [-0.4, -0.2) is 81.7 Å². The molecule has 1 fully saturated rings. The van der Waals surface area contributed by atoms with Crippen molar-refractivity contribution in [2.24, 2.45) is 4.99 Å². The highest BCUT2D eigenvalue weighted by Gasteiger charge is 2.29. The number of rotatable bonds is 7. The Labute approximate surface area is 168 Å². The lowest BCUT2D eigenvalue weighted by Crippen LogP contribution is -2.46. The van der Waals surface area contributed by atoms with Crippen molar-refractivity contribution in [2.45, 2.75) is 12.7 Å². The maximum Gasteiger partial charge on any atom is 0.416 e. The van der Waals surface area contributed by atoms with Crippen molar-refractivity contribution in [2.75, 3.05) is 60.0 Å². The van der Waals surface area contributed by atoms with Gasteiger partial charge in [0.15, 0.2) is 5.96 Å². The van der Waals surface area contributed by atoms with Crippen molar-refractivity contribution >= 4 is 11.9 Å². The van der Waals surface area contributed by atoms with Gasteiger partial charge in [0.25, 0.3) is 0 Å². The number of carbonyl (C=O) groups excluding carboxylic acids is 1. The van der Waals surface area contributed by atoms with Gasteiger partial charge in [0.1, 0.15) is 0 Å². The SMILES string of the molecule is CN(C)C(=O)CNC(=NCc1ccc(C(F)(F)F)cc1)NCCN1CCOCC1. The van der Waals surface area contributed by atoms with E-state index in [1.807, 2.05) is 0 Å². The molecule has 29 heavy (non-hydrogen) atoms. The molecule has 1 saturated heterocycles. The minimum atomic E-state index is -4.36. The first-order valence-electron chi connectivity index (χ1n) is 9.44. The van der Waals surface area contributed by atoms with Crippen LogP contribution in [0.2, 0.25) is 0 Å². The number of halogens is 3. The standard InChI is InChI=1S/C19H28F3N5O2/c1-26(2)17(28)14-25-18(23-7-8-27-9-11-29-12-10-27)24-13-15-3-5-16(6-4-15)19(20,21)22/h3-6H,7-14H2,1-2H3,(H2,23,24,25). The number of hydrogen-bond donors (Lipinski definition) is 2. The third kappa shape index (κ3) is 8.28. The molecule has 0 aromatic heterocycles. The van der Waals surface area contributed by atoms with Crippen molar-refractivity contribution < 1.29 is 22.7 Å². The Hall–Kier alpha value is -2.33. The summed E-state index contributed by atoms with van der Waals surface area (Å²) in [4.78, 5) is 20.0. The minimum Gasteiger partial charge on any atom is -0.379 e. The normalized spacial score (nSPS) is 15.8. The third-order valence-corrected chi connectivity index (χ3v) is 4.43.